The van der Waals surface area contributed by atoms with Crippen LogP contribution in [0, 0.1) is 0 Å². The third-order valence-corrected chi connectivity index (χ3v) is 6.47. The lowest BCUT2D eigenvalue weighted by atomic mass is 9.92. The van der Waals surface area contributed by atoms with Gasteiger partial charge in [-0.15, -0.1) is 0 Å². The molecule has 1 fully saturated rings. The molecule has 35 heavy (non-hydrogen) atoms. The van der Waals surface area contributed by atoms with Crippen LogP contribution < -0.4 is 10.6 Å². The van der Waals surface area contributed by atoms with Gasteiger partial charge in [-0.25, -0.2) is 0 Å². The zero-order valence-corrected chi connectivity index (χ0v) is 19.7. The number of carbonyl (C=O) groups is 3. The summed E-state index contributed by atoms with van der Waals surface area (Å²) in [6, 6.07) is 22.4. The van der Waals surface area contributed by atoms with Crippen LogP contribution in [0.5, 0.6) is 5.75 Å². The molecule has 0 aliphatic carbocycles. The Kier molecular flexibility index (Phi) is 6.98. The fraction of sp³-hybridized carbons (Fsp3) is 0.250. The van der Waals surface area contributed by atoms with Gasteiger partial charge in [-0.1, -0.05) is 54.6 Å². The number of aromatic hydroxyl groups is 1. The van der Waals surface area contributed by atoms with Crippen LogP contribution in [0.15, 0.2) is 78.9 Å². The highest BCUT2D eigenvalue weighted by Crippen LogP contribution is 2.23. The second kappa shape index (κ2) is 10.1. The van der Waals surface area contributed by atoms with Crippen molar-refractivity contribution in [2.24, 2.45) is 0 Å². The molecule has 3 aromatic rings. The van der Waals surface area contributed by atoms with Gasteiger partial charge in [0.15, 0.2) is 5.78 Å². The lowest BCUT2D eigenvalue weighted by Gasteiger charge is -2.30. The maximum atomic E-state index is 13.3. The molecule has 3 atom stereocenters. The molecule has 4 rings (SSSR count). The number of ketones is 1. The highest BCUT2D eigenvalue weighted by Gasteiger charge is 2.47. The van der Waals surface area contributed by atoms with E-state index in [1.165, 1.54) is 12.1 Å². The Hall–Kier alpha value is -3.97. The third-order valence-electron chi connectivity index (χ3n) is 6.47. The minimum Gasteiger partial charge on any atom is -0.508 e. The van der Waals surface area contributed by atoms with E-state index in [-0.39, 0.29) is 24.6 Å². The second-order valence-corrected chi connectivity index (χ2v) is 8.91. The van der Waals surface area contributed by atoms with Gasteiger partial charge in [0.05, 0.1) is 6.10 Å². The van der Waals surface area contributed by atoms with E-state index in [0.29, 0.717) is 11.1 Å². The predicted molar refractivity (Wildman–Crippen MR) is 132 cm³/mol. The summed E-state index contributed by atoms with van der Waals surface area (Å²) < 4.78 is 5.41. The predicted octanol–water partition coefficient (Wildman–Crippen LogP) is 3.26. The molecular formula is C28H28N2O5. The number of hydrogen-bond donors (Lipinski definition) is 3. The van der Waals surface area contributed by atoms with Gasteiger partial charge < -0.3 is 20.5 Å². The Bertz CT molecular complexity index is 1230. The summed E-state index contributed by atoms with van der Waals surface area (Å²) in [4.78, 5) is 38.8. The van der Waals surface area contributed by atoms with Crippen molar-refractivity contribution in [2.75, 3.05) is 6.61 Å². The number of nitrogens with one attached hydrogen (secondary N) is 2. The van der Waals surface area contributed by atoms with Gasteiger partial charge in [-0.2, -0.15) is 0 Å². The van der Waals surface area contributed by atoms with Crippen LogP contribution in [-0.4, -0.2) is 47.0 Å². The molecule has 0 bridgehead atoms. The summed E-state index contributed by atoms with van der Waals surface area (Å²) in [6.07, 6.45) is -0.366. The molecule has 2 amide bonds. The summed E-state index contributed by atoms with van der Waals surface area (Å²) in [7, 11) is 0. The summed E-state index contributed by atoms with van der Waals surface area (Å²) in [5, 5.41) is 15.4. The number of rotatable bonds is 7. The van der Waals surface area contributed by atoms with Crippen LogP contribution in [-0.2, 0) is 20.7 Å². The van der Waals surface area contributed by atoms with Crippen LogP contribution in [0.2, 0.25) is 0 Å². The van der Waals surface area contributed by atoms with E-state index in [9.17, 15) is 19.5 Å². The lowest BCUT2D eigenvalue weighted by Crippen LogP contribution is -2.60. The molecule has 1 saturated heterocycles. The van der Waals surface area contributed by atoms with Crippen molar-refractivity contribution in [1.29, 1.82) is 0 Å². The van der Waals surface area contributed by atoms with E-state index in [1.54, 1.807) is 38.1 Å². The third kappa shape index (κ3) is 5.41. The van der Waals surface area contributed by atoms with Gasteiger partial charge >= 0.3 is 0 Å². The number of carbonyl (C=O) groups excluding carboxylic acids is 3. The summed E-state index contributed by atoms with van der Waals surface area (Å²) in [5.74, 6) is -1.09. The van der Waals surface area contributed by atoms with Crippen LogP contribution in [0.25, 0.3) is 11.1 Å². The highest BCUT2D eigenvalue weighted by molar-refractivity contribution is 6.00. The van der Waals surface area contributed by atoms with Gasteiger partial charge in [0.1, 0.15) is 23.9 Å². The van der Waals surface area contributed by atoms with Gasteiger partial charge in [0, 0.05) is 12.0 Å². The molecule has 180 valence electrons. The summed E-state index contributed by atoms with van der Waals surface area (Å²) in [5.41, 5.74) is 1.88. The molecule has 1 aliphatic rings. The molecule has 1 aliphatic heterocycles. The molecule has 3 aromatic carbocycles. The van der Waals surface area contributed by atoms with E-state index in [2.05, 4.69) is 10.6 Å². The lowest BCUT2D eigenvalue weighted by molar-refractivity contribution is -0.130. The van der Waals surface area contributed by atoms with Crippen molar-refractivity contribution < 1.29 is 24.2 Å². The Balaban J connectivity index is 1.54. The minimum absolute atomic E-state index is 0.0597. The van der Waals surface area contributed by atoms with Crippen LogP contribution in [0.1, 0.15) is 29.8 Å². The van der Waals surface area contributed by atoms with Crippen molar-refractivity contribution in [2.45, 2.75) is 38.0 Å². The van der Waals surface area contributed by atoms with E-state index in [1.807, 2.05) is 42.5 Å². The average Bonchev–Trinajstić information content (AvgIpc) is 3.11. The zero-order valence-electron chi connectivity index (χ0n) is 19.7. The maximum absolute atomic E-state index is 13.3. The molecule has 0 saturated carbocycles. The monoisotopic (exact) mass is 472 g/mol. The number of hydrogen-bond acceptors (Lipinski definition) is 5. The van der Waals surface area contributed by atoms with Crippen molar-refractivity contribution in [3.8, 4) is 16.9 Å². The smallest absolute Gasteiger partial charge is 0.251 e. The van der Waals surface area contributed by atoms with Gasteiger partial charge in [-0.3, -0.25) is 14.4 Å². The number of phenolic OH excluding ortho intramolecular Hbond substituents is 1. The van der Waals surface area contributed by atoms with Gasteiger partial charge in [0.25, 0.3) is 5.91 Å². The fourth-order valence-electron chi connectivity index (χ4n) is 4.07. The van der Waals surface area contributed by atoms with Crippen molar-refractivity contribution in [3.63, 3.8) is 0 Å². The minimum atomic E-state index is -1.18. The Morgan fingerprint density at radius 2 is 1.71 bits per heavy atom. The number of Topliss-reactive ketones (excluding diaryl/α,β-unsaturated/α-hetero) is 1. The van der Waals surface area contributed by atoms with Crippen molar-refractivity contribution in [3.05, 3.63) is 90.0 Å². The molecule has 0 radical (unpaired) electrons. The maximum Gasteiger partial charge on any atom is 0.251 e. The first-order valence-corrected chi connectivity index (χ1v) is 11.5. The zero-order chi connectivity index (χ0) is 25.0. The standard InChI is InChI=1S/C28H28N2O5/c1-18-28(2,25(32)17-35-18)30-27(34)24(16-19-7-6-10-23(31)15-19)29-26(33)22-13-11-21(12-14-22)20-8-4-3-5-9-20/h3-15,18,24,31H,16-17H2,1-2H3,(H,29,33)(H,30,34). The topological polar surface area (TPSA) is 105 Å². The van der Waals surface area contributed by atoms with Crippen molar-refractivity contribution in [1.82, 2.24) is 10.6 Å². The van der Waals surface area contributed by atoms with Crippen LogP contribution in [0.3, 0.4) is 0 Å². The molecule has 7 heteroatoms. The fourth-order valence-corrected chi connectivity index (χ4v) is 4.07. The first-order chi connectivity index (χ1) is 16.8. The Morgan fingerprint density at radius 3 is 2.34 bits per heavy atom. The number of ether oxygens (including phenoxy) is 1. The molecule has 0 spiro atoms. The number of phenols is 1. The Labute approximate surface area is 204 Å². The molecule has 1 heterocycles. The number of benzene rings is 3. The largest absolute Gasteiger partial charge is 0.508 e. The van der Waals surface area contributed by atoms with Gasteiger partial charge in [-0.05, 0) is 54.8 Å². The molecule has 3 N–H and O–H groups in total. The van der Waals surface area contributed by atoms with Crippen LogP contribution >= 0.6 is 0 Å². The first-order valence-electron chi connectivity index (χ1n) is 11.5. The average molecular weight is 473 g/mol. The van der Waals surface area contributed by atoms with Crippen molar-refractivity contribution >= 4 is 17.6 Å². The van der Waals surface area contributed by atoms with E-state index in [4.69, 9.17) is 4.74 Å². The first kappa shape index (κ1) is 24.2. The van der Waals surface area contributed by atoms with Gasteiger partial charge in [0.2, 0.25) is 5.91 Å². The summed E-state index contributed by atoms with van der Waals surface area (Å²) >= 11 is 0. The molecular weight excluding hydrogens is 444 g/mol. The van der Waals surface area contributed by atoms with Crippen LogP contribution in [0.4, 0.5) is 0 Å². The normalized spacial score (nSPS) is 20.3. The highest BCUT2D eigenvalue weighted by atomic mass is 16.5. The quantitative estimate of drug-likeness (QED) is 0.490. The molecule has 3 unspecified atom stereocenters. The Morgan fingerprint density at radius 1 is 1.03 bits per heavy atom. The number of amides is 2. The van der Waals surface area contributed by atoms with E-state index in [0.717, 1.165) is 11.1 Å². The molecule has 0 aromatic heterocycles. The van der Waals surface area contributed by atoms with E-state index < -0.39 is 29.5 Å². The SMILES string of the molecule is CC1OCC(=O)C1(C)NC(=O)C(Cc1cccc(O)c1)NC(=O)c1ccc(-c2ccccc2)cc1. The summed E-state index contributed by atoms with van der Waals surface area (Å²) in [6.45, 7) is 3.28. The second-order valence-electron chi connectivity index (χ2n) is 8.91. The molecule has 7 nitrogen and oxygen atoms in total. The van der Waals surface area contributed by atoms with E-state index >= 15 is 0 Å².